The number of carbonyl (C=O) groups is 2. The monoisotopic (exact) mass is 382 g/mol. The van der Waals surface area contributed by atoms with Gasteiger partial charge in [-0.25, -0.2) is 4.79 Å². The molecule has 0 aliphatic rings. The molecular formula is C19H18N4O3S. The number of hydrogen-bond acceptors (Lipinski definition) is 5. The quantitative estimate of drug-likeness (QED) is 0.558. The zero-order chi connectivity index (χ0) is 19.2. The van der Waals surface area contributed by atoms with E-state index in [1.54, 1.807) is 30.3 Å². The fraction of sp³-hybridized carbons (Fsp3) is 0.105. The summed E-state index contributed by atoms with van der Waals surface area (Å²) >= 11 is 1.50. The van der Waals surface area contributed by atoms with Crippen molar-refractivity contribution < 1.29 is 14.1 Å². The van der Waals surface area contributed by atoms with E-state index in [1.165, 1.54) is 11.8 Å². The number of carbonyl (C=O) groups excluding carboxylic acids is 2. The molecule has 2 aromatic carbocycles. The second-order valence-electron chi connectivity index (χ2n) is 5.74. The SMILES string of the molecule is Cc1cc(CSc2ccccc2C(=O)Nc2cccc(NC(N)=O)c2)on1. The Bertz CT molecular complexity index is 971. The third-order valence-corrected chi connectivity index (χ3v) is 4.66. The van der Waals surface area contributed by atoms with Crippen molar-refractivity contribution in [2.75, 3.05) is 10.6 Å². The summed E-state index contributed by atoms with van der Waals surface area (Å²) < 4.78 is 5.21. The highest BCUT2D eigenvalue weighted by Gasteiger charge is 2.13. The van der Waals surface area contributed by atoms with Gasteiger partial charge in [0.15, 0.2) is 0 Å². The van der Waals surface area contributed by atoms with Crippen molar-refractivity contribution in [1.29, 1.82) is 0 Å². The third kappa shape index (κ3) is 5.11. The van der Waals surface area contributed by atoms with E-state index < -0.39 is 6.03 Å². The highest BCUT2D eigenvalue weighted by atomic mass is 32.2. The van der Waals surface area contributed by atoms with Crippen LogP contribution in [0.25, 0.3) is 0 Å². The highest BCUT2D eigenvalue weighted by molar-refractivity contribution is 7.98. The van der Waals surface area contributed by atoms with Crippen molar-refractivity contribution in [2.45, 2.75) is 17.6 Å². The smallest absolute Gasteiger partial charge is 0.316 e. The fourth-order valence-electron chi connectivity index (χ4n) is 2.43. The first-order chi connectivity index (χ1) is 13.0. The number of primary amides is 1. The largest absolute Gasteiger partial charge is 0.360 e. The van der Waals surface area contributed by atoms with Gasteiger partial charge in [0.25, 0.3) is 5.91 Å². The Morgan fingerprint density at radius 1 is 1.07 bits per heavy atom. The summed E-state index contributed by atoms with van der Waals surface area (Å²) in [7, 11) is 0. The molecule has 3 amide bonds. The van der Waals surface area contributed by atoms with Crippen LogP contribution in [0.2, 0.25) is 0 Å². The molecule has 1 aromatic heterocycles. The molecule has 0 fully saturated rings. The summed E-state index contributed by atoms with van der Waals surface area (Å²) in [5.74, 6) is 1.07. The van der Waals surface area contributed by atoms with E-state index in [-0.39, 0.29) is 5.91 Å². The van der Waals surface area contributed by atoms with Crippen LogP contribution in [0.3, 0.4) is 0 Å². The predicted octanol–water partition coefficient (Wildman–Crippen LogP) is 4.02. The van der Waals surface area contributed by atoms with Crippen LogP contribution in [0, 0.1) is 6.92 Å². The predicted molar refractivity (Wildman–Crippen MR) is 105 cm³/mol. The van der Waals surface area contributed by atoms with Crippen LogP contribution in [0.5, 0.6) is 0 Å². The van der Waals surface area contributed by atoms with Gasteiger partial charge in [0, 0.05) is 22.3 Å². The zero-order valence-electron chi connectivity index (χ0n) is 14.6. The summed E-state index contributed by atoms with van der Waals surface area (Å²) in [5, 5.41) is 9.18. The number of nitrogens with two attached hydrogens (primary N) is 1. The summed E-state index contributed by atoms with van der Waals surface area (Å²) in [5.41, 5.74) is 7.54. The van der Waals surface area contributed by atoms with Gasteiger partial charge in [0.05, 0.1) is 17.0 Å². The highest BCUT2D eigenvalue weighted by Crippen LogP contribution is 2.27. The van der Waals surface area contributed by atoms with E-state index in [9.17, 15) is 9.59 Å². The van der Waals surface area contributed by atoms with Gasteiger partial charge in [-0.15, -0.1) is 11.8 Å². The summed E-state index contributed by atoms with van der Waals surface area (Å²) in [6.07, 6.45) is 0. The number of aryl methyl sites for hydroxylation is 1. The Hall–Kier alpha value is -3.26. The molecule has 0 bridgehead atoms. The lowest BCUT2D eigenvalue weighted by atomic mass is 10.2. The molecule has 0 aliphatic carbocycles. The van der Waals surface area contributed by atoms with Crippen LogP contribution in [0.15, 0.2) is 64.0 Å². The van der Waals surface area contributed by atoms with E-state index in [2.05, 4.69) is 15.8 Å². The van der Waals surface area contributed by atoms with E-state index in [0.717, 1.165) is 16.3 Å². The van der Waals surface area contributed by atoms with Gasteiger partial charge in [0.2, 0.25) is 0 Å². The van der Waals surface area contributed by atoms with Gasteiger partial charge in [-0.2, -0.15) is 0 Å². The average molecular weight is 382 g/mol. The molecule has 3 aromatic rings. The number of hydrogen-bond donors (Lipinski definition) is 3. The van der Waals surface area contributed by atoms with Crippen LogP contribution >= 0.6 is 11.8 Å². The lowest BCUT2D eigenvalue weighted by Gasteiger charge is -2.10. The molecular weight excluding hydrogens is 364 g/mol. The van der Waals surface area contributed by atoms with Crippen molar-refractivity contribution in [2.24, 2.45) is 5.73 Å². The van der Waals surface area contributed by atoms with Crippen LogP contribution in [-0.2, 0) is 5.75 Å². The maximum Gasteiger partial charge on any atom is 0.316 e. The Kier molecular flexibility index (Phi) is 5.77. The lowest BCUT2D eigenvalue weighted by molar-refractivity contribution is 0.102. The molecule has 7 nitrogen and oxygen atoms in total. The second kappa shape index (κ2) is 8.41. The molecule has 0 unspecified atom stereocenters. The molecule has 0 spiro atoms. The minimum Gasteiger partial charge on any atom is -0.360 e. The molecule has 4 N–H and O–H groups in total. The Labute approximate surface area is 160 Å². The van der Waals surface area contributed by atoms with Gasteiger partial charge in [-0.3, -0.25) is 4.79 Å². The zero-order valence-corrected chi connectivity index (χ0v) is 15.4. The van der Waals surface area contributed by atoms with Crippen molar-refractivity contribution in [3.05, 3.63) is 71.6 Å². The maximum absolute atomic E-state index is 12.7. The average Bonchev–Trinajstić information content (AvgIpc) is 3.05. The summed E-state index contributed by atoms with van der Waals surface area (Å²) in [4.78, 5) is 24.5. The van der Waals surface area contributed by atoms with Crippen LogP contribution in [-0.4, -0.2) is 17.1 Å². The number of rotatable bonds is 6. The van der Waals surface area contributed by atoms with Gasteiger partial charge < -0.3 is 20.9 Å². The first-order valence-electron chi connectivity index (χ1n) is 8.13. The van der Waals surface area contributed by atoms with E-state index >= 15 is 0 Å². The minimum absolute atomic E-state index is 0.247. The van der Waals surface area contributed by atoms with E-state index in [4.69, 9.17) is 10.3 Å². The Morgan fingerprint density at radius 2 is 1.81 bits per heavy atom. The van der Waals surface area contributed by atoms with Crippen LogP contribution < -0.4 is 16.4 Å². The molecule has 0 aliphatic heterocycles. The molecule has 1 heterocycles. The first-order valence-corrected chi connectivity index (χ1v) is 9.12. The first kappa shape index (κ1) is 18.5. The van der Waals surface area contributed by atoms with Crippen LogP contribution in [0.1, 0.15) is 21.8 Å². The van der Waals surface area contributed by atoms with Gasteiger partial charge >= 0.3 is 6.03 Å². The van der Waals surface area contributed by atoms with Gasteiger partial charge in [0.1, 0.15) is 5.76 Å². The van der Waals surface area contributed by atoms with Crippen molar-refractivity contribution in [1.82, 2.24) is 5.16 Å². The molecule has 8 heteroatoms. The lowest BCUT2D eigenvalue weighted by Crippen LogP contribution is -2.19. The molecule has 0 atom stereocenters. The minimum atomic E-state index is -0.664. The summed E-state index contributed by atoms with van der Waals surface area (Å²) in [6.45, 7) is 1.86. The molecule has 3 rings (SSSR count). The number of urea groups is 1. The summed E-state index contributed by atoms with van der Waals surface area (Å²) in [6, 6.07) is 15.3. The number of nitrogens with one attached hydrogen (secondary N) is 2. The molecule has 0 saturated carbocycles. The number of thioether (sulfide) groups is 1. The normalized spacial score (nSPS) is 10.4. The van der Waals surface area contributed by atoms with E-state index in [1.807, 2.05) is 31.2 Å². The van der Waals surface area contributed by atoms with Gasteiger partial charge in [-0.1, -0.05) is 23.4 Å². The number of aromatic nitrogens is 1. The van der Waals surface area contributed by atoms with Crippen molar-refractivity contribution in [3.8, 4) is 0 Å². The third-order valence-electron chi connectivity index (χ3n) is 3.57. The molecule has 0 saturated heterocycles. The van der Waals surface area contributed by atoms with Crippen molar-refractivity contribution in [3.63, 3.8) is 0 Å². The standard InChI is InChI=1S/C19H18N4O3S/c1-12-9-15(26-23-12)11-27-17-8-3-2-7-16(17)18(24)21-13-5-4-6-14(10-13)22-19(20)25/h2-10H,11H2,1H3,(H,21,24)(H3,20,22,25). The second-order valence-corrected chi connectivity index (χ2v) is 6.76. The molecule has 27 heavy (non-hydrogen) atoms. The van der Waals surface area contributed by atoms with Crippen molar-refractivity contribution >= 4 is 35.1 Å². The maximum atomic E-state index is 12.7. The topological polar surface area (TPSA) is 110 Å². The number of anilines is 2. The number of nitrogens with zero attached hydrogens (tertiary/aromatic N) is 1. The fourth-order valence-corrected chi connectivity index (χ4v) is 3.35. The number of amides is 3. The van der Waals surface area contributed by atoms with Crippen LogP contribution in [0.4, 0.5) is 16.2 Å². The Balaban J connectivity index is 1.72. The van der Waals surface area contributed by atoms with Gasteiger partial charge in [-0.05, 0) is 37.3 Å². The Morgan fingerprint density at radius 3 is 2.52 bits per heavy atom. The number of benzene rings is 2. The molecule has 0 radical (unpaired) electrons. The van der Waals surface area contributed by atoms with E-state index in [0.29, 0.717) is 22.7 Å². The molecule has 138 valence electrons.